The fourth-order valence-electron chi connectivity index (χ4n) is 1.20. The minimum atomic E-state index is -0.407. The van der Waals surface area contributed by atoms with Crippen molar-refractivity contribution in [2.24, 2.45) is 0 Å². The molecule has 0 saturated carbocycles. The van der Waals surface area contributed by atoms with Gasteiger partial charge in [0.05, 0.1) is 11.3 Å². The fourth-order valence-corrected chi connectivity index (χ4v) is 1.20. The van der Waals surface area contributed by atoms with Gasteiger partial charge in [0.2, 0.25) is 5.36 Å². The summed E-state index contributed by atoms with van der Waals surface area (Å²) in [6.07, 6.45) is 1.50. The van der Waals surface area contributed by atoms with E-state index in [2.05, 4.69) is 10.2 Å². The summed E-state index contributed by atoms with van der Waals surface area (Å²) in [6.45, 7) is 0. The quantitative estimate of drug-likeness (QED) is 0.585. The minimum Gasteiger partial charge on any atom is -0.612 e. The van der Waals surface area contributed by atoms with Crippen molar-refractivity contribution >= 4 is 0 Å². The monoisotopic (exact) mass is 176 g/mol. The lowest BCUT2D eigenvalue weighted by molar-refractivity contribution is 0.955. The minimum absolute atomic E-state index is 0.0937. The second-order valence-electron chi connectivity index (χ2n) is 2.55. The van der Waals surface area contributed by atoms with E-state index in [0.29, 0.717) is 11.3 Å². The predicted molar refractivity (Wildman–Crippen MR) is 47.2 cm³/mol. The first kappa shape index (κ1) is 7.60. The number of aromatic amines is 1. The van der Waals surface area contributed by atoms with Crippen LogP contribution in [0.5, 0.6) is 0 Å². The van der Waals surface area contributed by atoms with Crippen LogP contribution < -0.4 is 10.3 Å². The Balaban J connectivity index is 2.90. The zero-order valence-electron chi connectivity index (χ0n) is 6.60. The van der Waals surface area contributed by atoms with Crippen LogP contribution >= 0.6 is 0 Å². The third-order valence-corrected chi connectivity index (χ3v) is 1.78. The van der Waals surface area contributed by atoms with Crippen LogP contribution in [0.4, 0.5) is 0 Å². The molecule has 0 saturated heterocycles. The van der Waals surface area contributed by atoms with E-state index in [4.69, 9.17) is 0 Å². The molecule has 0 aromatic rings. The summed E-state index contributed by atoms with van der Waals surface area (Å²) in [4.78, 5) is -0.407. The van der Waals surface area contributed by atoms with Crippen molar-refractivity contribution in [1.29, 1.82) is 0 Å². The molecule has 0 fully saturated rings. The lowest BCUT2D eigenvalue weighted by Crippen LogP contribution is -2.21. The summed E-state index contributed by atoms with van der Waals surface area (Å²) in [5.41, 5.74) is 1.24. The first-order valence-electron chi connectivity index (χ1n) is 3.69. The van der Waals surface area contributed by atoms with Crippen molar-refractivity contribution in [1.82, 2.24) is 15.1 Å². The molecular weight excluding hydrogens is 170 g/mol. The highest BCUT2D eigenvalue weighted by atomic mass is 16.8. The number of nitrogens with zero attached hydrogens (tertiary/aromatic N) is 2. The molecule has 0 aromatic heterocycles. The van der Waals surface area contributed by atoms with Crippen LogP contribution in [-0.4, -0.2) is 10.2 Å². The second kappa shape index (κ2) is 2.78. The highest BCUT2D eigenvalue weighted by Gasteiger charge is 2.05. The van der Waals surface area contributed by atoms with Crippen molar-refractivity contribution in [3.63, 3.8) is 0 Å². The molecule has 2 rings (SSSR count). The van der Waals surface area contributed by atoms with Gasteiger partial charge in [-0.1, -0.05) is 6.07 Å². The van der Waals surface area contributed by atoms with Gasteiger partial charge in [-0.3, -0.25) is 5.10 Å². The first-order valence-corrected chi connectivity index (χ1v) is 3.69. The SMILES string of the molecule is [O-][N+]([O-])=c1cccc2[nH]nccc1-2. The number of nitrogens with one attached hydrogen (secondary N) is 1. The van der Waals surface area contributed by atoms with Crippen LogP contribution in [0.15, 0.2) is 30.5 Å². The van der Waals surface area contributed by atoms with Gasteiger partial charge in [-0.25, -0.2) is 0 Å². The molecule has 66 valence electrons. The molecule has 0 aromatic carbocycles. The van der Waals surface area contributed by atoms with Gasteiger partial charge in [0, 0.05) is 12.3 Å². The molecule has 1 heterocycles. The van der Waals surface area contributed by atoms with Crippen LogP contribution in [0.2, 0.25) is 0 Å². The molecule has 13 heavy (non-hydrogen) atoms. The topological polar surface area (TPSA) is 77.8 Å². The van der Waals surface area contributed by atoms with Gasteiger partial charge in [0.15, 0.2) is 0 Å². The second-order valence-corrected chi connectivity index (χ2v) is 2.55. The standard InChI is InChI=1S/C8H6N3O2/c12-11(13)8-3-1-2-7-6(8)4-5-9-10-7/h1-5,10H/q-1. The van der Waals surface area contributed by atoms with E-state index in [1.165, 1.54) is 12.3 Å². The zero-order chi connectivity index (χ0) is 9.26. The van der Waals surface area contributed by atoms with E-state index in [9.17, 15) is 10.4 Å². The van der Waals surface area contributed by atoms with Crippen LogP contribution in [0.3, 0.4) is 0 Å². The van der Waals surface area contributed by atoms with Gasteiger partial charge in [-0.05, 0) is 12.1 Å². The molecule has 1 aliphatic carbocycles. The van der Waals surface area contributed by atoms with Crippen molar-refractivity contribution in [3.8, 4) is 11.3 Å². The number of H-pyrrole nitrogens is 1. The Labute approximate surface area is 73.5 Å². The maximum Gasteiger partial charge on any atom is 0.232 e. The van der Waals surface area contributed by atoms with E-state index >= 15 is 0 Å². The predicted octanol–water partition coefficient (Wildman–Crippen LogP) is 0.282. The summed E-state index contributed by atoms with van der Waals surface area (Å²) < 4.78 is 0. The van der Waals surface area contributed by atoms with Crippen molar-refractivity contribution in [2.45, 2.75) is 0 Å². The van der Waals surface area contributed by atoms with E-state index in [1.54, 1.807) is 18.2 Å². The molecule has 5 nitrogen and oxygen atoms in total. The summed E-state index contributed by atoms with van der Waals surface area (Å²) in [5.74, 6) is 0. The maximum atomic E-state index is 10.6. The van der Waals surface area contributed by atoms with Crippen molar-refractivity contribution < 1.29 is 0 Å². The molecule has 1 N–H and O–H groups in total. The van der Waals surface area contributed by atoms with E-state index in [0.717, 1.165) is 0 Å². The van der Waals surface area contributed by atoms with Gasteiger partial charge in [-0.15, -0.1) is 0 Å². The highest BCUT2D eigenvalue weighted by Crippen LogP contribution is 2.10. The maximum absolute atomic E-state index is 10.6. The Kier molecular flexibility index (Phi) is 1.63. The molecule has 1 aliphatic heterocycles. The molecule has 0 radical (unpaired) electrons. The largest absolute Gasteiger partial charge is 0.612 e. The van der Waals surface area contributed by atoms with Crippen molar-refractivity contribution in [2.75, 3.05) is 0 Å². The number of rotatable bonds is 0. The van der Waals surface area contributed by atoms with E-state index < -0.39 is 4.90 Å². The molecule has 0 amide bonds. The summed E-state index contributed by atoms with van der Waals surface area (Å²) in [6, 6.07) is 6.45. The molecule has 0 spiro atoms. The van der Waals surface area contributed by atoms with Gasteiger partial charge in [-0.2, -0.15) is 10.0 Å². The fraction of sp³-hybridized carbons (Fsp3) is 0. The summed E-state index contributed by atoms with van der Waals surface area (Å²) >= 11 is 0. The van der Waals surface area contributed by atoms with E-state index in [-0.39, 0.29) is 5.36 Å². The number of hydrogen-bond acceptors (Lipinski definition) is 3. The average Bonchev–Trinajstić information content (AvgIpc) is 2.17. The smallest absolute Gasteiger partial charge is 0.232 e. The lowest BCUT2D eigenvalue weighted by atomic mass is 10.1. The third kappa shape index (κ3) is 1.20. The normalized spacial score (nSPS) is 10.2. The number of aromatic nitrogens is 2. The number of hydrogen-bond donors (Lipinski definition) is 1. The van der Waals surface area contributed by atoms with Crippen LogP contribution in [0.25, 0.3) is 11.3 Å². The van der Waals surface area contributed by atoms with Gasteiger partial charge >= 0.3 is 0 Å². The average molecular weight is 176 g/mol. The molecule has 2 aliphatic rings. The Morgan fingerprint density at radius 3 is 2.85 bits per heavy atom. The first-order chi connectivity index (χ1) is 6.29. The van der Waals surface area contributed by atoms with Crippen LogP contribution in [-0.2, 0) is 0 Å². The highest BCUT2D eigenvalue weighted by molar-refractivity contribution is 5.58. The van der Waals surface area contributed by atoms with Crippen LogP contribution in [0.1, 0.15) is 0 Å². The summed E-state index contributed by atoms with van der Waals surface area (Å²) in [7, 11) is 0. The lowest BCUT2D eigenvalue weighted by Gasteiger charge is -2.06. The Bertz CT molecular complexity index is 459. The molecule has 0 atom stereocenters. The molecular formula is C8H6N3O2-. The molecule has 0 bridgehead atoms. The Morgan fingerprint density at radius 2 is 2.08 bits per heavy atom. The molecule has 0 unspecified atom stereocenters. The van der Waals surface area contributed by atoms with Gasteiger partial charge in [0.25, 0.3) is 0 Å². The Morgan fingerprint density at radius 1 is 1.23 bits per heavy atom. The van der Waals surface area contributed by atoms with Crippen LogP contribution in [0, 0.1) is 10.4 Å². The number of fused-ring (bicyclic) bond motifs is 1. The summed E-state index contributed by atoms with van der Waals surface area (Å²) in [5, 5.41) is 27.7. The van der Waals surface area contributed by atoms with Gasteiger partial charge in [0.1, 0.15) is 0 Å². The molecule has 5 heteroatoms. The Hall–Kier alpha value is -2.04. The third-order valence-electron chi connectivity index (χ3n) is 1.78. The van der Waals surface area contributed by atoms with Crippen molar-refractivity contribution in [3.05, 3.63) is 46.2 Å². The number of benzene rings is 1. The van der Waals surface area contributed by atoms with E-state index in [1.807, 2.05) is 0 Å². The van der Waals surface area contributed by atoms with Gasteiger partial charge < -0.3 is 10.4 Å². The zero-order valence-corrected chi connectivity index (χ0v) is 6.60.